The van der Waals surface area contributed by atoms with E-state index in [2.05, 4.69) is 4.74 Å². The molecular formula is C13HF8IO2. The molecule has 0 saturated heterocycles. The van der Waals surface area contributed by atoms with Gasteiger partial charge in [-0.05, 0) is 22.6 Å². The Labute approximate surface area is 141 Å². The molecule has 2 rings (SSSR count). The van der Waals surface area contributed by atoms with Gasteiger partial charge in [0.15, 0.2) is 34.9 Å². The summed E-state index contributed by atoms with van der Waals surface area (Å²) in [6.07, 6.45) is 0. The van der Waals surface area contributed by atoms with Crippen molar-refractivity contribution in [2.24, 2.45) is 0 Å². The van der Waals surface area contributed by atoms with Crippen LogP contribution in [0.3, 0.4) is 0 Å². The lowest BCUT2D eigenvalue weighted by Gasteiger charge is -2.10. The third-order valence-corrected chi connectivity index (χ3v) is 3.63. The summed E-state index contributed by atoms with van der Waals surface area (Å²) in [6.45, 7) is 0. The fourth-order valence-corrected chi connectivity index (χ4v) is 2.04. The van der Waals surface area contributed by atoms with E-state index in [4.69, 9.17) is 0 Å². The topological polar surface area (TPSA) is 26.3 Å². The van der Waals surface area contributed by atoms with Crippen molar-refractivity contribution in [1.82, 2.24) is 0 Å². The first-order valence-corrected chi connectivity index (χ1v) is 6.72. The highest BCUT2D eigenvalue weighted by Crippen LogP contribution is 2.30. The summed E-state index contributed by atoms with van der Waals surface area (Å²) in [5.74, 6) is -20.9. The maximum atomic E-state index is 13.6. The molecule has 0 aromatic heterocycles. The molecule has 0 saturated carbocycles. The van der Waals surface area contributed by atoms with Crippen molar-refractivity contribution in [1.29, 1.82) is 0 Å². The van der Waals surface area contributed by atoms with Crippen molar-refractivity contribution in [3.63, 3.8) is 0 Å². The molecule has 2 aromatic carbocycles. The number of halogens is 9. The van der Waals surface area contributed by atoms with Gasteiger partial charge in [-0.2, -0.15) is 8.78 Å². The summed E-state index contributed by atoms with van der Waals surface area (Å²) < 4.78 is 109. The Kier molecular flexibility index (Phi) is 5.01. The SMILES string of the molecule is O=C(Oc1c(F)c(F)cc(F)c1F)c1c(F)c(F)c(I)c(F)c1F. The fraction of sp³-hybridized carbons (Fsp3) is 0. The van der Waals surface area contributed by atoms with Gasteiger partial charge in [0.2, 0.25) is 17.4 Å². The zero-order valence-electron chi connectivity index (χ0n) is 10.8. The second kappa shape index (κ2) is 6.53. The van der Waals surface area contributed by atoms with E-state index >= 15 is 0 Å². The molecule has 0 fully saturated rings. The lowest BCUT2D eigenvalue weighted by molar-refractivity contribution is 0.0704. The van der Waals surface area contributed by atoms with E-state index in [1.807, 2.05) is 0 Å². The zero-order chi connectivity index (χ0) is 18.3. The molecule has 0 amide bonds. The molecule has 0 aliphatic heterocycles. The summed E-state index contributed by atoms with van der Waals surface area (Å²) >= 11 is 0.902. The quantitative estimate of drug-likeness (QED) is 0.161. The second-order valence-electron chi connectivity index (χ2n) is 4.13. The minimum absolute atomic E-state index is 0.215. The first-order valence-electron chi connectivity index (χ1n) is 5.64. The Balaban J connectivity index is 2.58. The van der Waals surface area contributed by atoms with Gasteiger partial charge < -0.3 is 4.74 Å². The lowest BCUT2D eigenvalue weighted by atomic mass is 10.2. The van der Waals surface area contributed by atoms with Crippen LogP contribution < -0.4 is 4.74 Å². The van der Waals surface area contributed by atoms with E-state index in [0.29, 0.717) is 0 Å². The predicted octanol–water partition coefficient (Wildman–Crippen LogP) is 4.62. The highest BCUT2D eigenvalue weighted by Gasteiger charge is 2.32. The first-order chi connectivity index (χ1) is 11.1. The van der Waals surface area contributed by atoms with Crippen LogP contribution in [0, 0.1) is 50.1 Å². The van der Waals surface area contributed by atoms with Crippen molar-refractivity contribution in [3.8, 4) is 5.75 Å². The lowest BCUT2D eigenvalue weighted by Crippen LogP contribution is -2.18. The number of hydrogen-bond donors (Lipinski definition) is 0. The molecule has 2 aromatic rings. The minimum Gasteiger partial charge on any atom is -0.416 e. The smallest absolute Gasteiger partial charge is 0.349 e. The van der Waals surface area contributed by atoms with E-state index in [1.165, 1.54) is 0 Å². The van der Waals surface area contributed by atoms with Crippen LogP contribution in [-0.4, -0.2) is 5.97 Å². The van der Waals surface area contributed by atoms with Gasteiger partial charge in [-0.15, -0.1) is 0 Å². The summed E-state index contributed by atoms with van der Waals surface area (Å²) in [7, 11) is 0. The van der Waals surface area contributed by atoms with Crippen LogP contribution in [0.1, 0.15) is 10.4 Å². The summed E-state index contributed by atoms with van der Waals surface area (Å²) in [5.41, 5.74) is -1.96. The number of rotatable bonds is 2. The number of carbonyl (C=O) groups is 1. The Morgan fingerprint density at radius 3 is 1.58 bits per heavy atom. The van der Waals surface area contributed by atoms with Gasteiger partial charge in [0.1, 0.15) is 5.56 Å². The molecule has 11 heteroatoms. The Hall–Kier alpha value is -1.92. The van der Waals surface area contributed by atoms with Crippen LogP contribution in [0.15, 0.2) is 6.07 Å². The van der Waals surface area contributed by atoms with Gasteiger partial charge in [-0.1, -0.05) is 0 Å². The summed E-state index contributed by atoms with van der Waals surface area (Å²) in [5, 5.41) is 0. The van der Waals surface area contributed by atoms with Crippen molar-refractivity contribution in [3.05, 3.63) is 61.7 Å². The molecule has 0 N–H and O–H groups in total. The van der Waals surface area contributed by atoms with E-state index in [-0.39, 0.29) is 6.07 Å². The van der Waals surface area contributed by atoms with Gasteiger partial charge >= 0.3 is 5.97 Å². The average molecular weight is 468 g/mol. The maximum Gasteiger partial charge on any atom is 0.349 e. The van der Waals surface area contributed by atoms with E-state index in [9.17, 15) is 39.9 Å². The Bertz CT molecular complexity index is 813. The fourth-order valence-electron chi connectivity index (χ4n) is 1.57. The van der Waals surface area contributed by atoms with Crippen LogP contribution in [0.25, 0.3) is 0 Å². The monoisotopic (exact) mass is 468 g/mol. The predicted molar refractivity (Wildman–Crippen MR) is 70.2 cm³/mol. The van der Waals surface area contributed by atoms with Crippen LogP contribution in [0.5, 0.6) is 5.75 Å². The number of esters is 1. The molecule has 0 atom stereocenters. The van der Waals surface area contributed by atoms with Crippen molar-refractivity contribution >= 4 is 28.6 Å². The molecule has 0 aliphatic carbocycles. The zero-order valence-corrected chi connectivity index (χ0v) is 13.0. The molecule has 0 unspecified atom stereocenters. The number of carbonyl (C=O) groups excluding carboxylic acids is 1. The standard InChI is InChI=1S/C13HF8IO2/c14-2-1-3(15)6(17)12(5(2)16)24-13(23)4-7(18)9(20)11(22)10(21)8(4)19/h1H. The number of ether oxygens (including phenoxy) is 1. The number of benzene rings is 2. The Morgan fingerprint density at radius 1 is 0.750 bits per heavy atom. The van der Waals surface area contributed by atoms with Crippen LogP contribution in [-0.2, 0) is 0 Å². The number of hydrogen-bond acceptors (Lipinski definition) is 2. The summed E-state index contributed by atoms with van der Waals surface area (Å²) in [6, 6.07) is -0.215. The normalized spacial score (nSPS) is 10.9. The highest BCUT2D eigenvalue weighted by atomic mass is 127. The van der Waals surface area contributed by atoms with E-state index in [0.717, 1.165) is 22.6 Å². The van der Waals surface area contributed by atoms with Crippen molar-refractivity contribution in [2.75, 3.05) is 0 Å². The average Bonchev–Trinajstić information content (AvgIpc) is 2.53. The first kappa shape index (κ1) is 18.4. The molecule has 0 radical (unpaired) electrons. The molecule has 24 heavy (non-hydrogen) atoms. The van der Waals surface area contributed by atoms with E-state index < -0.39 is 67.4 Å². The molecule has 0 spiro atoms. The third kappa shape index (κ3) is 2.91. The molecular weight excluding hydrogens is 467 g/mol. The minimum atomic E-state index is -2.30. The van der Waals surface area contributed by atoms with Gasteiger partial charge in [0.05, 0.1) is 3.57 Å². The van der Waals surface area contributed by atoms with Gasteiger partial charge in [0.25, 0.3) is 0 Å². The van der Waals surface area contributed by atoms with E-state index in [1.54, 1.807) is 0 Å². The van der Waals surface area contributed by atoms with Crippen LogP contribution in [0.2, 0.25) is 0 Å². The molecule has 128 valence electrons. The van der Waals surface area contributed by atoms with Crippen molar-refractivity contribution in [2.45, 2.75) is 0 Å². The van der Waals surface area contributed by atoms with Gasteiger partial charge in [-0.25, -0.2) is 31.1 Å². The molecule has 2 nitrogen and oxygen atoms in total. The molecule has 0 bridgehead atoms. The Morgan fingerprint density at radius 2 is 1.17 bits per heavy atom. The van der Waals surface area contributed by atoms with Crippen LogP contribution in [0.4, 0.5) is 35.1 Å². The largest absolute Gasteiger partial charge is 0.416 e. The maximum absolute atomic E-state index is 13.6. The third-order valence-electron chi connectivity index (χ3n) is 2.68. The van der Waals surface area contributed by atoms with Gasteiger partial charge in [0, 0.05) is 6.07 Å². The van der Waals surface area contributed by atoms with Crippen molar-refractivity contribution < 1.29 is 44.7 Å². The summed E-state index contributed by atoms with van der Waals surface area (Å²) in [4.78, 5) is 11.6. The molecule has 0 heterocycles. The molecule has 0 aliphatic rings. The second-order valence-corrected chi connectivity index (χ2v) is 5.21. The highest BCUT2D eigenvalue weighted by molar-refractivity contribution is 14.1. The van der Waals surface area contributed by atoms with Crippen LogP contribution >= 0.6 is 22.6 Å². The van der Waals surface area contributed by atoms with Gasteiger partial charge in [-0.3, -0.25) is 0 Å².